The third-order valence-electron chi connectivity index (χ3n) is 3.46. The van der Waals surface area contributed by atoms with Gasteiger partial charge in [-0.25, -0.2) is 4.79 Å². The molecule has 1 aromatic heterocycles. The van der Waals surface area contributed by atoms with E-state index < -0.39 is 17.4 Å². The van der Waals surface area contributed by atoms with Crippen molar-refractivity contribution in [3.05, 3.63) is 53.0 Å². The van der Waals surface area contributed by atoms with E-state index in [9.17, 15) is 22.8 Å². The van der Waals surface area contributed by atoms with Crippen LogP contribution in [0.25, 0.3) is 0 Å². The summed E-state index contributed by atoms with van der Waals surface area (Å²) in [5.41, 5.74) is -4.33. The highest BCUT2D eigenvalue weighted by Gasteiger charge is 2.31. The summed E-state index contributed by atoms with van der Waals surface area (Å²) in [4.78, 5) is 25.2. The van der Waals surface area contributed by atoms with E-state index >= 15 is 0 Å². The van der Waals surface area contributed by atoms with Gasteiger partial charge in [-0.3, -0.25) is 4.79 Å². The zero-order chi connectivity index (χ0) is 19.5. The van der Waals surface area contributed by atoms with Gasteiger partial charge in [-0.15, -0.1) is 0 Å². The quantitative estimate of drug-likeness (QED) is 0.567. The Morgan fingerprint density at radius 3 is 2.50 bits per heavy atom. The lowest BCUT2D eigenvalue weighted by molar-refractivity contribution is -0.0328. The predicted octanol–water partition coefficient (Wildman–Crippen LogP) is 4.26. The van der Waals surface area contributed by atoms with Crippen LogP contribution < -0.4 is 0 Å². The summed E-state index contributed by atoms with van der Waals surface area (Å²) in [7, 11) is 2.67. The van der Waals surface area contributed by atoms with E-state index in [-0.39, 0.29) is 34.3 Å². The van der Waals surface area contributed by atoms with Gasteiger partial charge in [0.25, 0.3) is 5.91 Å². The van der Waals surface area contributed by atoms with Crippen LogP contribution in [0.5, 0.6) is 0 Å². The average molecular weight is 387 g/mol. The summed E-state index contributed by atoms with van der Waals surface area (Å²) < 4.78 is 48.1. The van der Waals surface area contributed by atoms with Gasteiger partial charge in [-0.05, 0) is 36.9 Å². The first kappa shape index (κ1) is 19.9. The van der Waals surface area contributed by atoms with Crippen LogP contribution in [0.1, 0.15) is 32.2 Å². The maximum absolute atomic E-state index is 12.7. The molecule has 0 bridgehead atoms. The number of alkyl halides is 3. The average Bonchev–Trinajstić information content (AvgIpc) is 2.92. The van der Waals surface area contributed by atoms with Crippen molar-refractivity contribution in [3.63, 3.8) is 0 Å². The molecule has 2 aromatic rings. The molecule has 1 heterocycles. The fraction of sp³-hybridized carbons (Fsp3) is 0.294. The molecule has 0 fully saturated rings. The Bertz CT molecular complexity index is 817. The number of esters is 1. The molecule has 0 aliphatic heterocycles. The molecule has 1 aromatic carbocycles. The first-order valence-electron chi connectivity index (χ1n) is 7.40. The van der Waals surface area contributed by atoms with Gasteiger partial charge in [0.05, 0.1) is 19.2 Å². The maximum Gasteiger partial charge on any atom is 0.446 e. The summed E-state index contributed by atoms with van der Waals surface area (Å²) in [6.07, 6.45) is 0. The van der Waals surface area contributed by atoms with Crippen LogP contribution in [0.2, 0.25) is 0 Å². The Kier molecular flexibility index (Phi) is 6.01. The lowest BCUT2D eigenvalue weighted by atomic mass is 10.2. The lowest BCUT2D eigenvalue weighted by Crippen LogP contribution is -2.26. The van der Waals surface area contributed by atoms with Gasteiger partial charge in [0.15, 0.2) is 0 Å². The number of nitrogens with zero attached hydrogens (tertiary/aromatic N) is 1. The van der Waals surface area contributed by atoms with E-state index in [1.54, 1.807) is 6.92 Å². The Morgan fingerprint density at radius 1 is 1.23 bits per heavy atom. The van der Waals surface area contributed by atoms with Crippen LogP contribution in [-0.4, -0.2) is 36.4 Å². The second kappa shape index (κ2) is 7.86. The highest BCUT2D eigenvalue weighted by atomic mass is 32.2. The number of hydrogen-bond donors (Lipinski definition) is 0. The number of amides is 1. The SMILES string of the molecule is COC(=O)c1cc(CN(C)C(=O)c2ccccc2SC(F)(F)F)oc1C. The smallest absolute Gasteiger partial charge is 0.446 e. The van der Waals surface area contributed by atoms with Crippen LogP contribution in [0.4, 0.5) is 13.2 Å². The van der Waals surface area contributed by atoms with Crippen LogP contribution >= 0.6 is 11.8 Å². The third-order valence-corrected chi connectivity index (χ3v) is 4.26. The molecule has 0 unspecified atom stereocenters. The number of ether oxygens (including phenoxy) is 1. The summed E-state index contributed by atoms with van der Waals surface area (Å²) in [5, 5.41) is 0. The van der Waals surface area contributed by atoms with E-state index in [0.29, 0.717) is 11.5 Å². The summed E-state index contributed by atoms with van der Waals surface area (Å²) in [6, 6.07) is 6.95. The van der Waals surface area contributed by atoms with Gasteiger partial charge in [-0.2, -0.15) is 13.2 Å². The zero-order valence-corrected chi connectivity index (χ0v) is 15.0. The fourth-order valence-electron chi connectivity index (χ4n) is 2.30. The Morgan fingerprint density at radius 2 is 1.88 bits per heavy atom. The molecule has 9 heteroatoms. The maximum atomic E-state index is 12.7. The number of aryl methyl sites for hydroxylation is 1. The molecule has 1 amide bonds. The number of thioether (sulfide) groups is 1. The van der Waals surface area contributed by atoms with Crippen molar-refractivity contribution in [1.82, 2.24) is 4.90 Å². The summed E-state index contributed by atoms with van der Waals surface area (Å²) in [5.74, 6) is -0.509. The van der Waals surface area contributed by atoms with Gasteiger partial charge in [0, 0.05) is 11.9 Å². The minimum absolute atomic E-state index is 0.0122. The van der Waals surface area contributed by atoms with Gasteiger partial charge < -0.3 is 14.1 Å². The number of halogens is 3. The molecule has 2 rings (SSSR count). The van der Waals surface area contributed by atoms with Crippen LogP contribution in [-0.2, 0) is 11.3 Å². The number of carbonyl (C=O) groups excluding carboxylic acids is 2. The van der Waals surface area contributed by atoms with Crippen LogP contribution in [0.15, 0.2) is 39.6 Å². The largest absolute Gasteiger partial charge is 0.465 e. The molecule has 26 heavy (non-hydrogen) atoms. The number of methoxy groups -OCH3 is 1. The van der Waals surface area contributed by atoms with Gasteiger partial charge >= 0.3 is 11.5 Å². The van der Waals surface area contributed by atoms with E-state index in [4.69, 9.17) is 4.42 Å². The first-order chi connectivity index (χ1) is 12.1. The molecule has 0 N–H and O–H groups in total. The van der Waals surface area contributed by atoms with Gasteiger partial charge in [0.2, 0.25) is 0 Å². The minimum atomic E-state index is -4.50. The highest BCUT2D eigenvalue weighted by molar-refractivity contribution is 8.00. The normalized spacial score (nSPS) is 11.3. The predicted molar refractivity (Wildman–Crippen MR) is 88.9 cm³/mol. The zero-order valence-electron chi connectivity index (χ0n) is 14.2. The molecule has 0 atom stereocenters. The Hall–Kier alpha value is -2.42. The standard InChI is InChI=1S/C17H16F3NO4S/c1-10-13(16(23)24-3)8-11(25-10)9-21(2)15(22)12-6-4-5-7-14(12)26-17(18,19)20/h4-8H,9H2,1-3H3. The summed E-state index contributed by atoms with van der Waals surface area (Å²) >= 11 is -0.339. The molecule has 0 spiro atoms. The molecule has 0 saturated carbocycles. The van der Waals surface area contributed by atoms with Crippen molar-refractivity contribution in [1.29, 1.82) is 0 Å². The fourth-order valence-corrected chi connectivity index (χ4v) is 2.96. The number of furan rings is 1. The molecule has 0 aliphatic rings. The van der Waals surface area contributed by atoms with Crippen molar-refractivity contribution in [2.45, 2.75) is 23.9 Å². The number of benzene rings is 1. The van der Waals surface area contributed by atoms with E-state index in [2.05, 4.69) is 4.74 Å². The third kappa shape index (κ3) is 4.81. The first-order valence-corrected chi connectivity index (χ1v) is 8.22. The number of carbonyl (C=O) groups is 2. The van der Waals surface area contributed by atoms with Crippen LogP contribution in [0.3, 0.4) is 0 Å². The van der Waals surface area contributed by atoms with Crippen molar-refractivity contribution >= 4 is 23.6 Å². The molecular formula is C17H16F3NO4S. The topological polar surface area (TPSA) is 59.8 Å². The van der Waals surface area contributed by atoms with Crippen molar-refractivity contribution < 1.29 is 31.9 Å². The monoisotopic (exact) mass is 387 g/mol. The number of hydrogen-bond acceptors (Lipinski definition) is 5. The van der Waals surface area contributed by atoms with Crippen molar-refractivity contribution in [2.75, 3.05) is 14.2 Å². The molecule has 5 nitrogen and oxygen atoms in total. The van der Waals surface area contributed by atoms with Crippen molar-refractivity contribution in [3.8, 4) is 0 Å². The van der Waals surface area contributed by atoms with E-state index in [0.717, 1.165) is 0 Å². The van der Waals surface area contributed by atoms with E-state index in [1.807, 2.05) is 0 Å². The number of rotatable bonds is 5. The lowest BCUT2D eigenvalue weighted by Gasteiger charge is -2.18. The molecule has 0 saturated heterocycles. The second-order valence-corrected chi connectivity index (χ2v) is 6.49. The highest BCUT2D eigenvalue weighted by Crippen LogP contribution is 2.38. The van der Waals surface area contributed by atoms with Crippen molar-refractivity contribution in [2.24, 2.45) is 0 Å². The van der Waals surface area contributed by atoms with Crippen LogP contribution in [0, 0.1) is 6.92 Å². The second-order valence-electron chi connectivity index (χ2n) is 5.38. The molecule has 0 radical (unpaired) electrons. The molecule has 140 valence electrons. The minimum Gasteiger partial charge on any atom is -0.465 e. The van der Waals surface area contributed by atoms with E-state index in [1.165, 1.54) is 49.4 Å². The van der Waals surface area contributed by atoms with Gasteiger partial charge in [0.1, 0.15) is 17.1 Å². The van der Waals surface area contributed by atoms with Gasteiger partial charge in [-0.1, -0.05) is 12.1 Å². The Balaban J connectivity index is 2.20. The Labute approximate surface area is 152 Å². The summed E-state index contributed by atoms with van der Waals surface area (Å²) in [6.45, 7) is 1.56. The molecular weight excluding hydrogens is 371 g/mol. The molecule has 0 aliphatic carbocycles.